The van der Waals surface area contributed by atoms with Gasteiger partial charge < -0.3 is 20.1 Å². The number of benzene rings is 2. The minimum Gasteiger partial charge on any atom is -0.497 e. The van der Waals surface area contributed by atoms with Crippen LogP contribution in [0.5, 0.6) is 11.5 Å². The Morgan fingerprint density at radius 1 is 1.03 bits per heavy atom. The van der Waals surface area contributed by atoms with Gasteiger partial charge in [0.1, 0.15) is 11.5 Å². The van der Waals surface area contributed by atoms with Crippen molar-refractivity contribution in [2.24, 2.45) is 0 Å². The van der Waals surface area contributed by atoms with Gasteiger partial charge in [-0.1, -0.05) is 12.1 Å². The summed E-state index contributed by atoms with van der Waals surface area (Å²) < 4.78 is 10.6. The van der Waals surface area contributed by atoms with E-state index >= 15 is 0 Å². The third kappa shape index (κ3) is 5.04. The Morgan fingerprint density at radius 2 is 1.90 bits per heavy atom. The fourth-order valence-electron chi connectivity index (χ4n) is 3.06. The van der Waals surface area contributed by atoms with Crippen molar-refractivity contribution in [3.8, 4) is 11.5 Å². The van der Waals surface area contributed by atoms with Gasteiger partial charge in [0.15, 0.2) is 0 Å². The highest BCUT2D eigenvalue weighted by molar-refractivity contribution is 5.97. The van der Waals surface area contributed by atoms with E-state index in [1.54, 1.807) is 20.4 Å². The van der Waals surface area contributed by atoms with Crippen molar-refractivity contribution in [3.05, 3.63) is 83.2 Å². The number of aromatic nitrogens is 1. The molecule has 29 heavy (non-hydrogen) atoms. The van der Waals surface area contributed by atoms with Gasteiger partial charge in [-0.25, -0.2) is 0 Å². The van der Waals surface area contributed by atoms with E-state index in [9.17, 15) is 4.79 Å². The number of anilines is 1. The molecule has 0 saturated heterocycles. The summed E-state index contributed by atoms with van der Waals surface area (Å²) in [5, 5.41) is 6.35. The number of pyridine rings is 1. The van der Waals surface area contributed by atoms with Crippen molar-refractivity contribution < 1.29 is 14.3 Å². The molecule has 2 N–H and O–H groups in total. The summed E-state index contributed by atoms with van der Waals surface area (Å²) in [5.41, 5.74) is 4.37. The summed E-state index contributed by atoms with van der Waals surface area (Å²) in [5.74, 6) is 1.28. The largest absolute Gasteiger partial charge is 0.497 e. The van der Waals surface area contributed by atoms with Crippen LogP contribution >= 0.6 is 0 Å². The van der Waals surface area contributed by atoms with Crippen LogP contribution in [-0.4, -0.2) is 25.1 Å². The standard InChI is InChI=1S/C23H25N3O3/c1-16-20(7-4-8-21(16)25-14-17-6-5-11-24-13-17)23(27)26-15-18-12-19(28-2)9-10-22(18)29-3/h4-13,25H,14-15H2,1-3H3,(H,26,27). The molecule has 0 atom stereocenters. The molecule has 0 radical (unpaired) electrons. The van der Waals surface area contributed by atoms with Gasteiger partial charge in [0.2, 0.25) is 0 Å². The summed E-state index contributed by atoms with van der Waals surface area (Å²) in [7, 11) is 3.21. The highest BCUT2D eigenvalue weighted by Gasteiger charge is 2.13. The van der Waals surface area contributed by atoms with Crippen molar-refractivity contribution >= 4 is 11.6 Å². The van der Waals surface area contributed by atoms with E-state index in [0.29, 0.717) is 30.2 Å². The van der Waals surface area contributed by atoms with E-state index in [2.05, 4.69) is 15.6 Å². The first kappa shape index (κ1) is 20.2. The molecule has 0 fully saturated rings. The number of carbonyl (C=O) groups excluding carboxylic acids is 1. The van der Waals surface area contributed by atoms with Crippen LogP contribution in [0.4, 0.5) is 5.69 Å². The molecular formula is C23H25N3O3. The Labute approximate surface area is 170 Å². The van der Waals surface area contributed by atoms with Gasteiger partial charge in [0.25, 0.3) is 5.91 Å². The van der Waals surface area contributed by atoms with E-state index in [1.807, 2.05) is 61.7 Å². The summed E-state index contributed by atoms with van der Waals surface area (Å²) in [6, 6.07) is 15.1. The second-order valence-electron chi connectivity index (χ2n) is 6.55. The second-order valence-corrected chi connectivity index (χ2v) is 6.55. The average molecular weight is 391 g/mol. The Bertz CT molecular complexity index is 974. The molecule has 0 unspecified atom stereocenters. The smallest absolute Gasteiger partial charge is 0.251 e. The second kappa shape index (κ2) is 9.59. The maximum Gasteiger partial charge on any atom is 0.251 e. The lowest BCUT2D eigenvalue weighted by Gasteiger charge is -2.15. The van der Waals surface area contributed by atoms with Crippen molar-refractivity contribution in [1.82, 2.24) is 10.3 Å². The molecule has 2 aromatic carbocycles. The molecule has 0 bridgehead atoms. The highest BCUT2D eigenvalue weighted by atomic mass is 16.5. The van der Waals surface area contributed by atoms with Crippen LogP contribution in [0.1, 0.15) is 27.0 Å². The highest BCUT2D eigenvalue weighted by Crippen LogP contribution is 2.24. The van der Waals surface area contributed by atoms with Crippen molar-refractivity contribution in [2.75, 3.05) is 19.5 Å². The molecule has 0 aliphatic rings. The van der Waals surface area contributed by atoms with Crippen LogP contribution in [0.15, 0.2) is 60.9 Å². The zero-order valence-electron chi connectivity index (χ0n) is 16.9. The molecule has 6 heteroatoms. The van der Waals surface area contributed by atoms with Crippen LogP contribution in [0, 0.1) is 6.92 Å². The molecule has 0 aliphatic heterocycles. The number of nitrogens with zero attached hydrogens (tertiary/aromatic N) is 1. The number of hydrogen-bond donors (Lipinski definition) is 2. The van der Waals surface area contributed by atoms with E-state index < -0.39 is 0 Å². The summed E-state index contributed by atoms with van der Waals surface area (Å²) in [6.45, 7) is 2.92. The fourth-order valence-corrected chi connectivity index (χ4v) is 3.06. The summed E-state index contributed by atoms with van der Waals surface area (Å²) >= 11 is 0. The molecule has 150 valence electrons. The number of methoxy groups -OCH3 is 2. The normalized spacial score (nSPS) is 10.3. The Morgan fingerprint density at radius 3 is 2.62 bits per heavy atom. The van der Waals surface area contributed by atoms with Crippen molar-refractivity contribution in [3.63, 3.8) is 0 Å². The molecule has 3 aromatic rings. The number of nitrogens with one attached hydrogen (secondary N) is 2. The first-order valence-corrected chi connectivity index (χ1v) is 9.34. The molecule has 0 aliphatic carbocycles. The number of hydrogen-bond acceptors (Lipinski definition) is 5. The monoisotopic (exact) mass is 391 g/mol. The topological polar surface area (TPSA) is 72.5 Å². The third-order valence-electron chi connectivity index (χ3n) is 4.71. The van der Waals surface area contributed by atoms with Gasteiger partial charge in [-0.2, -0.15) is 0 Å². The van der Waals surface area contributed by atoms with Gasteiger partial charge in [-0.3, -0.25) is 9.78 Å². The van der Waals surface area contributed by atoms with E-state index in [1.165, 1.54) is 0 Å². The number of amides is 1. The van der Waals surface area contributed by atoms with E-state index in [4.69, 9.17) is 9.47 Å². The molecule has 6 nitrogen and oxygen atoms in total. The maximum atomic E-state index is 12.8. The van der Waals surface area contributed by atoms with Crippen LogP contribution in [0.25, 0.3) is 0 Å². The Kier molecular flexibility index (Phi) is 6.68. The summed E-state index contributed by atoms with van der Waals surface area (Å²) in [6.07, 6.45) is 3.57. The van der Waals surface area contributed by atoms with Gasteiger partial charge in [0.05, 0.1) is 14.2 Å². The summed E-state index contributed by atoms with van der Waals surface area (Å²) in [4.78, 5) is 16.9. The van der Waals surface area contributed by atoms with Crippen molar-refractivity contribution in [2.45, 2.75) is 20.0 Å². The van der Waals surface area contributed by atoms with Gasteiger partial charge in [-0.15, -0.1) is 0 Å². The van der Waals surface area contributed by atoms with Crippen LogP contribution in [-0.2, 0) is 13.1 Å². The zero-order chi connectivity index (χ0) is 20.6. The molecule has 1 heterocycles. The first-order valence-electron chi connectivity index (χ1n) is 9.34. The van der Waals surface area contributed by atoms with Crippen LogP contribution in [0.3, 0.4) is 0 Å². The van der Waals surface area contributed by atoms with Gasteiger partial charge >= 0.3 is 0 Å². The molecular weight excluding hydrogens is 366 g/mol. The van der Waals surface area contributed by atoms with Gasteiger partial charge in [-0.05, 0) is 54.4 Å². The molecule has 0 saturated carbocycles. The van der Waals surface area contributed by atoms with Crippen LogP contribution in [0.2, 0.25) is 0 Å². The van der Waals surface area contributed by atoms with Crippen LogP contribution < -0.4 is 20.1 Å². The fraction of sp³-hybridized carbons (Fsp3) is 0.217. The zero-order valence-corrected chi connectivity index (χ0v) is 16.9. The molecule has 1 aromatic heterocycles. The Hall–Kier alpha value is -3.54. The first-order chi connectivity index (χ1) is 14.1. The predicted molar refractivity (Wildman–Crippen MR) is 113 cm³/mol. The number of ether oxygens (including phenoxy) is 2. The minimum atomic E-state index is -0.141. The maximum absolute atomic E-state index is 12.8. The minimum absolute atomic E-state index is 0.141. The molecule has 0 spiro atoms. The van der Waals surface area contributed by atoms with Crippen molar-refractivity contribution in [1.29, 1.82) is 0 Å². The van der Waals surface area contributed by atoms with E-state index in [0.717, 1.165) is 22.4 Å². The lowest BCUT2D eigenvalue weighted by Crippen LogP contribution is -2.24. The third-order valence-corrected chi connectivity index (χ3v) is 4.71. The molecule has 1 amide bonds. The Balaban J connectivity index is 1.70. The number of carbonyl (C=O) groups is 1. The predicted octanol–water partition coefficient (Wildman–Crippen LogP) is 3.95. The lowest BCUT2D eigenvalue weighted by atomic mass is 10.1. The average Bonchev–Trinajstić information content (AvgIpc) is 2.77. The molecule has 3 rings (SSSR count). The quantitative estimate of drug-likeness (QED) is 0.608. The van der Waals surface area contributed by atoms with Gasteiger partial charge in [0, 0.05) is 42.3 Å². The SMILES string of the molecule is COc1ccc(OC)c(CNC(=O)c2cccc(NCc3cccnc3)c2C)c1. The van der Waals surface area contributed by atoms with E-state index in [-0.39, 0.29) is 5.91 Å². The number of rotatable bonds is 8. The lowest BCUT2D eigenvalue weighted by molar-refractivity contribution is 0.0950.